The van der Waals surface area contributed by atoms with Crippen molar-refractivity contribution < 1.29 is 0 Å². The lowest BCUT2D eigenvalue weighted by Crippen LogP contribution is -2.43. The molecular weight excluding hydrogens is 208 g/mol. The molecule has 0 unspecified atom stereocenters. The summed E-state index contributed by atoms with van der Waals surface area (Å²) in [4.78, 5) is 4.61. The molecule has 0 spiro atoms. The molecule has 3 heteroatoms. The van der Waals surface area contributed by atoms with Gasteiger partial charge in [-0.15, -0.1) is 0 Å². The van der Waals surface area contributed by atoms with Crippen molar-refractivity contribution >= 4 is 17.3 Å². The second kappa shape index (κ2) is 4.58. The lowest BCUT2D eigenvalue weighted by molar-refractivity contribution is 0.350. The zero-order valence-electron chi connectivity index (χ0n) is 8.69. The molecule has 0 amide bonds. The van der Waals surface area contributed by atoms with Crippen LogP contribution in [0.15, 0.2) is 37.0 Å². The summed E-state index contributed by atoms with van der Waals surface area (Å²) in [7, 11) is 0. The van der Waals surface area contributed by atoms with E-state index in [4.69, 9.17) is 11.6 Å². The van der Waals surface area contributed by atoms with E-state index in [0.29, 0.717) is 0 Å². The Kier molecular flexibility index (Phi) is 3.17. The first-order valence-corrected chi connectivity index (χ1v) is 5.54. The van der Waals surface area contributed by atoms with Crippen LogP contribution in [0.3, 0.4) is 0 Å². The lowest BCUT2D eigenvalue weighted by atomic mass is 10.2. The third-order valence-corrected chi connectivity index (χ3v) is 3.02. The van der Waals surface area contributed by atoms with Gasteiger partial charge in [-0.05, 0) is 30.5 Å². The van der Waals surface area contributed by atoms with E-state index >= 15 is 0 Å². The van der Waals surface area contributed by atoms with Gasteiger partial charge in [0, 0.05) is 36.9 Å². The molecule has 0 N–H and O–H groups in total. The van der Waals surface area contributed by atoms with Crippen molar-refractivity contribution in [3.05, 3.63) is 42.1 Å². The normalized spacial score (nSPS) is 16.6. The molecule has 1 aromatic rings. The zero-order chi connectivity index (χ0) is 10.7. The molecule has 1 heterocycles. The predicted octanol–water partition coefficient (Wildman–Crippen LogP) is 2.61. The Morgan fingerprint density at radius 2 is 1.67 bits per heavy atom. The van der Waals surface area contributed by atoms with Gasteiger partial charge in [0.15, 0.2) is 0 Å². The molecule has 1 aromatic carbocycles. The molecule has 1 fully saturated rings. The van der Waals surface area contributed by atoms with Gasteiger partial charge >= 0.3 is 0 Å². The van der Waals surface area contributed by atoms with Crippen LogP contribution < -0.4 is 4.90 Å². The summed E-state index contributed by atoms with van der Waals surface area (Å²) in [5, 5.41) is 0.795. The number of piperazine rings is 1. The third kappa shape index (κ3) is 2.45. The maximum Gasteiger partial charge on any atom is 0.0407 e. The van der Waals surface area contributed by atoms with Gasteiger partial charge in [0.05, 0.1) is 0 Å². The Hall–Kier alpha value is -1.15. The highest BCUT2D eigenvalue weighted by atomic mass is 35.5. The Labute approximate surface area is 95.7 Å². The van der Waals surface area contributed by atoms with E-state index in [-0.39, 0.29) is 0 Å². The van der Waals surface area contributed by atoms with Crippen LogP contribution in [0.4, 0.5) is 5.69 Å². The molecule has 0 radical (unpaired) electrons. The van der Waals surface area contributed by atoms with Crippen LogP contribution in [0.25, 0.3) is 0 Å². The maximum absolute atomic E-state index is 5.86. The summed E-state index contributed by atoms with van der Waals surface area (Å²) >= 11 is 5.86. The van der Waals surface area contributed by atoms with E-state index in [9.17, 15) is 0 Å². The number of halogens is 1. The SMILES string of the molecule is C=CN1CCN(c2ccc(Cl)cc2)CC1. The number of anilines is 1. The summed E-state index contributed by atoms with van der Waals surface area (Å²) in [6.07, 6.45) is 1.92. The van der Waals surface area contributed by atoms with E-state index in [1.54, 1.807) is 0 Å². The summed E-state index contributed by atoms with van der Waals surface area (Å²) in [5.41, 5.74) is 1.25. The quantitative estimate of drug-likeness (QED) is 0.759. The summed E-state index contributed by atoms with van der Waals surface area (Å²) in [6, 6.07) is 8.03. The lowest BCUT2D eigenvalue weighted by Gasteiger charge is -2.35. The molecule has 2 rings (SSSR count). The first-order chi connectivity index (χ1) is 7.29. The van der Waals surface area contributed by atoms with E-state index < -0.39 is 0 Å². The number of nitrogens with zero attached hydrogens (tertiary/aromatic N) is 2. The minimum Gasteiger partial charge on any atom is -0.374 e. The fourth-order valence-electron chi connectivity index (χ4n) is 1.81. The van der Waals surface area contributed by atoms with Gasteiger partial charge in [-0.1, -0.05) is 18.2 Å². The molecule has 0 atom stereocenters. The van der Waals surface area contributed by atoms with Crippen LogP contribution in [0, 0.1) is 0 Å². The number of hydrogen-bond donors (Lipinski definition) is 0. The fraction of sp³-hybridized carbons (Fsp3) is 0.333. The highest BCUT2D eigenvalue weighted by Crippen LogP contribution is 2.19. The van der Waals surface area contributed by atoms with E-state index in [1.165, 1.54) is 5.69 Å². The Bertz CT molecular complexity index is 326. The van der Waals surface area contributed by atoms with Crippen molar-refractivity contribution in [2.45, 2.75) is 0 Å². The summed E-state index contributed by atoms with van der Waals surface area (Å²) in [6.45, 7) is 7.98. The third-order valence-electron chi connectivity index (χ3n) is 2.76. The highest BCUT2D eigenvalue weighted by molar-refractivity contribution is 6.30. The highest BCUT2D eigenvalue weighted by Gasteiger charge is 2.13. The average molecular weight is 223 g/mol. The number of hydrogen-bond acceptors (Lipinski definition) is 2. The first-order valence-electron chi connectivity index (χ1n) is 5.17. The van der Waals surface area contributed by atoms with Crippen molar-refractivity contribution in [2.75, 3.05) is 31.1 Å². The van der Waals surface area contributed by atoms with Crippen LogP contribution in [-0.4, -0.2) is 31.1 Å². The molecule has 80 valence electrons. The van der Waals surface area contributed by atoms with Crippen molar-refractivity contribution in [3.8, 4) is 0 Å². The van der Waals surface area contributed by atoms with Gasteiger partial charge in [-0.2, -0.15) is 0 Å². The minimum atomic E-state index is 0.795. The molecule has 1 saturated heterocycles. The summed E-state index contributed by atoms with van der Waals surface area (Å²) < 4.78 is 0. The Morgan fingerprint density at radius 3 is 2.20 bits per heavy atom. The van der Waals surface area contributed by atoms with E-state index in [2.05, 4.69) is 28.5 Å². The molecule has 0 bridgehead atoms. The smallest absolute Gasteiger partial charge is 0.0407 e. The van der Waals surface area contributed by atoms with Gasteiger partial charge < -0.3 is 9.80 Å². The van der Waals surface area contributed by atoms with Crippen molar-refractivity contribution in [2.24, 2.45) is 0 Å². The number of rotatable bonds is 2. The van der Waals surface area contributed by atoms with Gasteiger partial charge in [0.25, 0.3) is 0 Å². The van der Waals surface area contributed by atoms with Gasteiger partial charge in [0.2, 0.25) is 0 Å². The topological polar surface area (TPSA) is 6.48 Å². The first kappa shape index (κ1) is 10.4. The summed E-state index contributed by atoms with van der Waals surface area (Å²) in [5.74, 6) is 0. The van der Waals surface area contributed by atoms with E-state index in [0.717, 1.165) is 31.2 Å². The van der Waals surface area contributed by atoms with Crippen LogP contribution >= 0.6 is 11.6 Å². The van der Waals surface area contributed by atoms with Crippen LogP contribution in [-0.2, 0) is 0 Å². The average Bonchev–Trinajstić information content (AvgIpc) is 2.30. The Balaban J connectivity index is 2.01. The standard InChI is InChI=1S/C12H15ClN2/c1-2-14-7-9-15(10-8-14)12-5-3-11(13)4-6-12/h2-6H,1,7-10H2. The molecule has 0 saturated carbocycles. The monoisotopic (exact) mass is 222 g/mol. The molecule has 15 heavy (non-hydrogen) atoms. The number of benzene rings is 1. The largest absolute Gasteiger partial charge is 0.374 e. The van der Waals surface area contributed by atoms with Gasteiger partial charge in [-0.3, -0.25) is 0 Å². The fourth-order valence-corrected chi connectivity index (χ4v) is 1.94. The minimum absolute atomic E-state index is 0.795. The molecule has 0 aromatic heterocycles. The second-order valence-electron chi connectivity index (χ2n) is 3.68. The van der Waals surface area contributed by atoms with Crippen LogP contribution in [0.5, 0.6) is 0 Å². The van der Waals surface area contributed by atoms with Crippen molar-refractivity contribution in [1.29, 1.82) is 0 Å². The molecule has 1 aliphatic heterocycles. The predicted molar refractivity (Wildman–Crippen MR) is 65.4 cm³/mol. The maximum atomic E-state index is 5.86. The molecular formula is C12H15ClN2. The zero-order valence-corrected chi connectivity index (χ0v) is 9.45. The second-order valence-corrected chi connectivity index (χ2v) is 4.12. The van der Waals surface area contributed by atoms with E-state index in [1.807, 2.05) is 18.3 Å². The van der Waals surface area contributed by atoms with Crippen LogP contribution in [0.2, 0.25) is 5.02 Å². The van der Waals surface area contributed by atoms with Gasteiger partial charge in [0.1, 0.15) is 0 Å². The van der Waals surface area contributed by atoms with Crippen molar-refractivity contribution in [3.63, 3.8) is 0 Å². The van der Waals surface area contributed by atoms with Crippen molar-refractivity contribution in [1.82, 2.24) is 4.90 Å². The molecule has 0 aliphatic carbocycles. The Morgan fingerprint density at radius 1 is 1.07 bits per heavy atom. The van der Waals surface area contributed by atoms with Gasteiger partial charge in [-0.25, -0.2) is 0 Å². The van der Waals surface area contributed by atoms with Crippen LogP contribution in [0.1, 0.15) is 0 Å². The molecule has 1 aliphatic rings. The molecule has 2 nitrogen and oxygen atoms in total.